The lowest BCUT2D eigenvalue weighted by Gasteiger charge is -2.15. The maximum absolute atomic E-state index is 13.2. The summed E-state index contributed by atoms with van der Waals surface area (Å²) in [6.45, 7) is 2.64. The van der Waals surface area contributed by atoms with Crippen molar-refractivity contribution in [2.75, 3.05) is 18.1 Å². The van der Waals surface area contributed by atoms with Crippen molar-refractivity contribution < 1.29 is 13.9 Å². The largest absolute Gasteiger partial charge is 0.449 e. The Labute approximate surface area is 109 Å². The molecule has 19 heavy (non-hydrogen) atoms. The van der Waals surface area contributed by atoms with Crippen LogP contribution < -0.4 is 4.90 Å². The van der Waals surface area contributed by atoms with E-state index in [-0.39, 0.29) is 5.82 Å². The fraction of sp³-hybridized carbons (Fsp3) is 0.286. The molecule has 0 radical (unpaired) electrons. The fourth-order valence-corrected chi connectivity index (χ4v) is 2.31. The number of aromatic nitrogens is 1. The molecule has 1 aliphatic rings. The van der Waals surface area contributed by atoms with Crippen LogP contribution in [0.2, 0.25) is 0 Å². The molecule has 4 nitrogen and oxygen atoms in total. The zero-order valence-electron chi connectivity index (χ0n) is 10.5. The van der Waals surface area contributed by atoms with E-state index in [0.29, 0.717) is 24.5 Å². The van der Waals surface area contributed by atoms with Crippen molar-refractivity contribution in [3.8, 4) is 0 Å². The third-order valence-electron chi connectivity index (χ3n) is 3.18. The zero-order valence-corrected chi connectivity index (χ0v) is 10.5. The van der Waals surface area contributed by atoms with Crippen molar-refractivity contribution in [3.05, 3.63) is 35.6 Å². The highest BCUT2D eigenvalue weighted by atomic mass is 19.1. The number of benzene rings is 1. The van der Waals surface area contributed by atoms with Crippen molar-refractivity contribution in [2.24, 2.45) is 0 Å². The van der Waals surface area contributed by atoms with E-state index in [1.807, 2.05) is 6.07 Å². The van der Waals surface area contributed by atoms with Gasteiger partial charge in [0.2, 0.25) is 0 Å². The van der Waals surface area contributed by atoms with Gasteiger partial charge >= 0.3 is 6.09 Å². The van der Waals surface area contributed by atoms with Crippen LogP contribution in [0.15, 0.2) is 24.3 Å². The number of carbonyl (C=O) groups is 1. The number of halogens is 1. The number of pyridine rings is 1. The van der Waals surface area contributed by atoms with Crippen LogP contribution in [0, 0.1) is 5.82 Å². The van der Waals surface area contributed by atoms with Crippen molar-refractivity contribution in [1.82, 2.24) is 4.98 Å². The average Bonchev–Trinajstić information content (AvgIpc) is 2.79. The Balaban J connectivity index is 2.07. The molecule has 98 valence electrons. The molecule has 0 unspecified atom stereocenters. The van der Waals surface area contributed by atoms with Gasteiger partial charge in [0.1, 0.15) is 11.6 Å². The average molecular weight is 260 g/mol. The maximum Gasteiger partial charge on any atom is 0.415 e. The van der Waals surface area contributed by atoms with E-state index in [0.717, 1.165) is 17.4 Å². The van der Waals surface area contributed by atoms with Crippen LogP contribution in [0.5, 0.6) is 0 Å². The van der Waals surface area contributed by atoms with Crippen molar-refractivity contribution in [1.29, 1.82) is 0 Å². The molecule has 1 aromatic heterocycles. The molecular weight excluding hydrogens is 247 g/mol. The summed E-state index contributed by atoms with van der Waals surface area (Å²) in [5.41, 5.74) is 1.54. The molecule has 1 aromatic carbocycles. The fourth-order valence-electron chi connectivity index (χ4n) is 2.31. The van der Waals surface area contributed by atoms with E-state index in [9.17, 15) is 9.18 Å². The molecule has 0 fully saturated rings. The Morgan fingerprint density at radius 3 is 3.11 bits per heavy atom. The van der Waals surface area contributed by atoms with Gasteiger partial charge in [0.05, 0.1) is 12.1 Å². The topological polar surface area (TPSA) is 42.4 Å². The predicted molar refractivity (Wildman–Crippen MR) is 69.8 cm³/mol. The third-order valence-corrected chi connectivity index (χ3v) is 3.18. The number of hydrogen-bond acceptors (Lipinski definition) is 3. The molecule has 3 rings (SSSR count). The van der Waals surface area contributed by atoms with Crippen LogP contribution in [0.3, 0.4) is 0 Å². The quantitative estimate of drug-likeness (QED) is 0.791. The smallest absolute Gasteiger partial charge is 0.415 e. The summed E-state index contributed by atoms with van der Waals surface area (Å²) >= 11 is 0. The van der Waals surface area contributed by atoms with Crippen molar-refractivity contribution in [3.63, 3.8) is 0 Å². The SMILES string of the molecule is CCOC(=O)N1CCc2cc3ccc(F)cc3nc21. The number of fused-ring (bicyclic) bond motifs is 2. The standard InChI is InChI=1S/C14H13FN2O2/c1-2-19-14(18)17-6-5-10-7-9-3-4-11(15)8-12(9)16-13(10)17/h3-4,7-8H,2,5-6H2,1H3. The Morgan fingerprint density at radius 2 is 2.32 bits per heavy atom. The highest BCUT2D eigenvalue weighted by Gasteiger charge is 2.27. The Bertz CT molecular complexity index is 657. The van der Waals surface area contributed by atoms with Gasteiger partial charge in [-0.2, -0.15) is 0 Å². The first kappa shape index (κ1) is 11.9. The van der Waals surface area contributed by atoms with Crippen LogP contribution in [0.25, 0.3) is 10.9 Å². The highest BCUT2D eigenvalue weighted by Crippen LogP contribution is 2.30. The monoisotopic (exact) mass is 260 g/mol. The number of ether oxygens (including phenoxy) is 1. The summed E-state index contributed by atoms with van der Waals surface area (Å²) in [6, 6.07) is 6.44. The number of anilines is 1. The van der Waals surface area contributed by atoms with Gasteiger partial charge in [-0.3, -0.25) is 4.90 Å². The number of amides is 1. The normalized spacial score (nSPS) is 13.7. The van der Waals surface area contributed by atoms with Gasteiger partial charge in [0.25, 0.3) is 0 Å². The summed E-state index contributed by atoms with van der Waals surface area (Å²) in [5, 5.41) is 0.880. The number of nitrogens with zero attached hydrogens (tertiary/aromatic N) is 2. The molecule has 0 N–H and O–H groups in total. The number of hydrogen-bond donors (Lipinski definition) is 0. The summed E-state index contributed by atoms with van der Waals surface area (Å²) in [4.78, 5) is 17.7. The minimum atomic E-state index is -0.399. The first-order chi connectivity index (χ1) is 9.19. The van der Waals surface area contributed by atoms with Gasteiger partial charge in [0.15, 0.2) is 0 Å². The first-order valence-corrected chi connectivity index (χ1v) is 6.22. The lowest BCUT2D eigenvalue weighted by molar-refractivity contribution is 0.160. The maximum atomic E-state index is 13.2. The van der Waals surface area contributed by atoms with Crippen molar-refractivity contribution in [2.45, 2.75) is 13.3 Å². The van der Waals surface area contributed by atoms with E-state index in [1.165, 1.54) is 17.0 Å². The minimum absolute atomic E-state index is 0.326. The van der Waals surface area contributed by atoms with Crippen molar-refractivity contribution >= 4 is 22.8 Å². The molecule has 2 aromatic rings. The van der Waals surface area contributed by atoms with E-state index < -0.39 is 6.09 Å². The molecule has 1 amide bonds. The molecule has 2 heterocycles. The molecule has 0 spiro atoms. The second-order valence-corrected chi connectivity index (χ2v) is 4.41. The Hall–Kier alpha value is -2.17. The first-order valence-electron chi connectivity index (χ1n) is 6.22. The van der Waals surface area contributed by atoms with Gasteiger partial charge in [-0.05, 0) is 37.1 Å². The lowest BCUT2D eigenvalue weighted by atomic mass is 10.1. The molecular formula is C14H13FN2O2. The molecule has 0 saturated carbocycles. The van der Waals surface area contributed by atoms with Crippen LogP contribution >= 0.6 is 0 Å². The van der Waals surface area contributed by atoms with E-state index >= 15 is 0 Å². The van der Waals surface area contributed by atoms with Crippen LogP contribution in [-0.2, 0) is 11.2 Å². The summed E-state index contributed by atoms with van der Waals surface area (Å²) < 4.78 is 18.2. The zero-order chi connectivity index (χ0) is 13.4. The van der Waals surface area contributed by atoms with Gasteiger partial charge in [-0.1, -0.05) is 0 Å². The number of rotatable bonds is 1. The number of carbonyl (C=O) groups excluding carboxylic acids is 1. The van der Waals surface area contributed by atoms with Crippen LogP contribution in [-0.4, -0.2) is 24.2 Å². The van der Waals surface area contributed by atoms with Gasteiger partial charge < -0.3 is 4.74 Å². The van der Waals surface area contributed by atoms with Crippen LogP contribution in [0.4, 0.5) is 15.0 Å². The molecule has 0 atom stereocenters. The predicted octanol–water partition coefficient (Wildman–Crippen LogP) is 2.89. The van der Waals surface area contributed by atoms with Crippen LogP contribution in [0.1, 0.15) is 12.5 Å². The van der Waals surface area contributed by atoms with Gasteiger partial charge in [-0.15, -0.1) is 0 Å². The van der Waals surface area contributed by atoms with Gasteiger partial charge in [-0.25, -0.2) is 14.2 Å². The molecule has 5 heteroatoms. The summed E-state index contributed by atoms with van der Waals surface area (Å²) in [5.74, 6) is 0.247. The Kier molecular flexibility index (Phi) is 2.81. The lowest BCUT2D eigenvalue weighted by Crippen LogP contribution is -2.30. The molecule has 0 bridgehead atoms. The van der Waals surface area contributed by atoms with Gasteiger partial charge in [0, 0.05) is 18.0 Å². The molecule has 1 aliphatic heterocycles. The second-order valence-electron chi connectivity index (χ2n) is 4.41. The van der Waals surface area contributed by atoms with E-state index in [1.54, 1.807) is 13.0 Å². The van der Waals surface area contributed by atoms with E-state index in [2.05, 4.69) is 4.98 Å². The highest BCUT2D eigenvalue weighted by molar-refractivity contribution is 5.92. The van der Waals surface area contributed by atoms with E-state index in [4.69, 9.17) is 4.74 Å². The third kappa shape index (κ3) is 2.01. The summed E-state index contributed by atoms with van der Waals surface area (Å²) in [7, 11) is 0. The second kappa shape index (κ2) is 4.50. The molecule has 0 aliphatic carbocycles. The minimum Gasteiger partial charge on any atom is -0.449 e. The summed E-state index contributed by atoms with van der Waals surface area (Å²) in [6.07, 6.45) is 0.346. The Morgan fingerprint density at radius 1 is 1.47 bits per heavy atom. The molecule has 0 saturated heterocycles.